The third-order valence-corrected chi connectivity index (χ3v) is 5.10. The van der Waals surface area contributed by atoms with Crippen LogP contribution in [0.5, 0.6) is 0 Å². The van der Waals surface area contributed by atoms with E-state index in [0.29, 0.717) is 19.4 Å². The van der Waals surface area contributed by atoms with Gasteiger partial charge in [0, 0.05) is 31.3 Å². The van der Waals surface area contributed by atoms with Crippen LogP contribution in [-0.2, 0) is 4.74 Å². The number of rotatable bonds is 1. The number of carbonyl (C=O) groups excluding carboxylic acids is 1. The highest BCUT2D eigenvalue weighted by molar-refractivity contribution is 5.69. The lowest BCUT2D eigenvalue weighted by molar-refractivity contribution is -0.183. The van der Waals surface area contributed by atoms with Gasteiger partial charge in [0.15, 0.2) is 0 Å². The van der Waals surface area contributed by atoms with Crippen LogP contribution in [0.2, 0.25) is 0 Å². The molecule has 1 aliphatic heterocycles. The molecular formula is C19H26F2N2O2. The fourth-order valence-corrected chi connectivity index (χ4v) is 4.02. The van der Waals surface area contributed by atoms with E-state index in [9.17, 15) is 13.6 Å². The summed E-state index contributed by atoms with van der Waals surface area (Å²) in [6, 6.07) is 3.55. The molecule has 1 saturated heterocycles. The van der Waals surface area contributed by atoms with E-state index in [-0.39, 0.29) is 30.4 Å². The van der Waals surface area contributed by atoms with Crippen molar-refractivity contribution < 1.29 is 18.3 Å². The van der Waals surface area contributed by atoms with E-state index >= 15 is 0 Å². The third-order valence-electron chi connectivity index (χ3n) is 5.10. The molecule has 1 saturated carbocycles. The molecule has 1 aliphatic carbocycles. The van der Waals surface area contributed by atoms with Gasteiger partial charge >= 0.3 is 6.09 Å². The van der Waals surface area contributed by atoms with Crippen molar-refractivity contribution in [3.8, 4) is 0 Å². The van der Waals surface area contributed by atoms with Gasteiger partial charge in [-0.2, -0.15) is 0 Å². The molecule has 1 atom stereocenters. The molecule has 0 N–H and O–H groups in total. The number of likely N-dealkylation sites (tertiary alicyclic amines) is 1. The Bertz CT molecular complexity index is 644. The highest BCUT2D eigenvalue weighted by Gasteiger charge is 2.59. The molecule has 0 bridgehead atoms. The lowest BCUT2D eigenvalue weighted by atomic mass is 9.59. The predicted octanol–water partition coefficient (Wildman–Crippen LogP) is 4.88. The monoisotopic (exact) mass is 352 g/mol. The number of piperidine rings is 1. The quantitative estimate of drug-likeness (QED) is 0.723. The Morgan fingerprint density at radius 3 is 2.52 bits per heavy atom. The Balaban J connectivity index is 1.84. The summed E-state index contributed by atoms with van der Waals surface area (Å²) in [5, 5.41) is 0. The second-order valence-electron chi connectivity index (χ2n) is 8.59. The summed E-state index contributed by atoms with van der Waals surface area (Å²) in [6.07, 6.45) is 2.31. The average Bonchev–Trinajstić information content (AvgIpc) is 2.44. The van der Waals surface area contributed by atoms with E-state index in [0.717, 1.165) is 11.3 Å². The number of pyridine rings is 1. The van der Waals surface area contributed by atoms with Gasteiger partial charge in [-0.1, -0.05) is 6.07 Å². The minimum atomic E-state index is -2.57. The summed E-state index contributed by atoms with van der Waals surface area (Å²) in [5.41, 5.74) is 0.794. The zero-order valence-corrected chi connectivity index (χ0v) is 15.3. The second kappa shape index (κ2) is 5.92. The van der Waals surface area contributed by atoms with Crippen molar-refractivity contribution in [3.05, 3.63) is 29.6 Å². The lowest BCUT2D eigenvalue weighted by Crippen LogP contribution is -2.54. The molecule has 1 spiro atoms. The number of carbonyl (C=O) groups is 1. The summed E-state index contributed by atoms with van der Waals surface area (Å²) in [6.45, 7) is 7.80. The molecule has 4 nitrogen and oxygen atoms in total. The van der Waals surface area contributed by atoms with Crippen LogP contribution in [0, 0.1) is 12.3 Å². The summed E-state index contributed by atoms with van der Waals surface area (Å²) in [7, 11) is 0. The molecule has 2 aliphatic rings. The number of aromatic nitrogens is 1. The van der Waals surface area contributed by atoms with E-state index in [1.807, 2.05) is 39.8 Å². The zero-order chi connectivity index (χ0) is 18.5. The van der Waals surface area contributed by atoms with Crippen molar-refractivity contribution in [2.45, 2.75) is 70.9 Å². The molecule has 0 aromatic carbocycles. The van der Waals surface area contributed by atoms with Gasteiger partial charge in [0.25, 0.3) is 0 Å². The molecule has 1 unspecified atom stereocenters. The first-order valence-corrected chi connectivity index (χ1v) is 8.79. The number of aryl methyl sites for hydroxylation is 1. The van der Waals surface area contributed by atoms with Crippen LogP contribution < -0.4 is 0 Å². The zero-order valence-electron chi connectivity index (χ0n) is 15.3. The van der Waals surface area contributed by atoms with Crippen LogP contribution in [0.25, 0.3) is 0 Å². The minimum absolute atomic E-state index is 0.0854. The molecule has 2 fully saturated rings. The van der Waals surface area contributed by atoms with Crippen molar-refractivity contribution in [1.82, 2.24) is 9.88 Å². The van der Waals surface area contributed by atoms with E-state index < -0.39 is 11.5 Å². The first-order valence-electron chi connectivity index (χ1n) is 8.79. The maximum atomic E-state index is 13.5. The summed E-state index contributed by atoms with van der Waals surface area (Å²) < 4.78 is 32.6. The Morgan fingerprint density at radius 1 is 1.32 bits per heavy atom. The van der Waals surface area contributed by atoms with Crippen molar-refractivity contribution in [1.29, 1.82) is 0 Å². The van der Waals surface area contributed by atoms with Crippen LogP contribution in [0.15, 0.2) is 18.3 Å². The van der Waals surface area contributed by atoms with E-state index in [2.05, 4.69) is 4.98 Å². The van der Waals surface area contributed by atoms with Crippen LogP contribution in [-0.4, -0.2) is 34.0 Å². The fourth-order valence-electron chi connectivity index (χ4n) is 4.02. The van der Waals surface area contributed by atoms with Crippen molar-refractivity contribution in [2.75, 3.05) is 6.54 Å². The largest absolute Gasteiger partial charge is 0.444 e. The number of hydrogen-bond donors (Lipinski definition) is 0. The molecule has 1 aromatic rings. The third kappa shape index (κ3) is 3.93. The van der Waals surface area contributed by atoms with Crippen molar-refractivity contribution >= 4 is 6.09 Å². The molecule has 6 heteroatoms. The van der Waals surface area contributed by atoms with E-state index in [1.54, 1.807) is 11.1 Å². The molecule has 138 valence electrons. The van der Waals surface area contributed by atoms with Crippen molar-refractivity contribution in [3.63, 3.8) is 0 Å². The van der Waals surface area contributed by atoms with E-state index in [4.69, 9.17) is 4.74 Å². The summed E-state index contributed by atoms with van der Waals surface area (Å²) in [4.78, 5) is 18.6. The molecule has 1 amide bonds. The van der Waals surface area contributed by atoms with Gasteiger partial charge in [-0.05, 0) is 57.6 Å². The summed E-state index contributed by atoms with van der Waals surface area (Å²) >= 11 is 0. The van der Waals surface area contributed by atoms with Crippen LogP contribution >= 0.6 is 0 Å². The Labute approximate surface area is 147 Å². The topological polar surface area (TPSA) is 42.4 Å². The maximum Gasteiger partial charge on any atom is 0.410 e. The first-order chi connectivity index (χ1) is 11.5. The number of alkyl halides is 2. The number of halogens is 2. The van der Waals surface area contributed by atoms with Gasteiger partial charge in [0.05, 0.1) is 6.04 Å². The first kappa shape index (κ1) is 18.1. The fraction of sp³-hybridized carbons (Fsp3) is 0.684. The molecule has 2 heterocycles. The van der Waals surface area contributed by atoms with Gasteiger partial charge in [-0.3, -0.25) is 4.98 Å². The Hall–Kier alpha value is -1.72. The number of ether oxygens (including phenoxy) is 1. The smallest absolute Gasteiger partial charge is 0.410 e. The molecule has 0 radical (unpaired) electrons. The van der Waals surface area contributed by atoms with Gasteiger partial charge in [0.2, 0.25) is 5.92 Å². The number of amides is 1. The molecule has 3 rings (SSSR count). The van der Waals surface area contributed by atoms with Crippen molar-refractivity contribution in [2.24, 2.45) is 5.41 Å². The van der Waals surface area contributed by atoms with Crippen LogP contribution in [0.4, 0.5) is 13.6 Å². The highest BCUT2D eigenvalue weighted by atomic mass is 19.3. The highest BCUT2D eigenvalue weighted by Crippen LogP contribution is 2.60. The maximum absolute atomic E-state index is 13.5. The second-order valence-corrected chi connectivity index (χ2v) is 8.59. The molecule has 1 aromatic heterocycles. The summed E-state index contributed by atoms with van der Waals surface area (Å²) in [5.74, 6) is -2.57. The molecular weight excluding hydrogens is 326 g/mol. The standard InChI is InChI=1S/C19H26F2N2O2/c1-13-5-6-14(10-22-13)15-9-18(11-19(20,21)12-18)7-8-23(15)16(24)25-17(2,3)4/h5-6,10,15H,7-9,11-12H2,1-4H3. The lowest BCUT2D eigenvalue weighted by Gasteiger charge is -2.54. The normalized spacial score (nSPS) is 24.7. The SMILES string of the molecule is Cc1ccc(C2CC3(CCN2C(=O)OC(C)(C)C)CC(F)(F)C3)cn1. The van der Waals surface area contributed by atoms with Crippen LogP contribution in [0.3, 0.4) is 0 Å². The predicted molar refractivity (Wildman–Crippen MR) is 90.5 cm³/mol. The van der Waals surface area contributed by atoms with Crippen LogP contribution in [0.1, 0.15) is 63.8 Å². The average molecular weight is 352 g/mol. The van der Waals surface area contributed by atoms with Gasteiger partial charge in [0.1, 0.15) is 5.60 Å². The van der Waals surface area contributed by atoms with Gasteiger partial charge in [-0.25, -0.2) is 13.6 Å². The minimum Gasteiger partial charge on any atom is -0.444 e. The number of hydrogen-bond acceptors (Lipinski definition) is 3. The van der Waals surface area contributed by atoms with Gasteiger partial charge in [-0.15, -0.1) is 0 Å². The van der Waals surface area contributed by atoms with Gasteiger partial charge < -0.3 is 9.64 Å². The molecule has 25 heavy (non-hydrogen) atoms. The van der Waals surface area contributed by atoms with E-state index in [1.165, 1.54) is 0 Å². The number of nitrogens with zero attached hydrogens (tertiary/aromatic N) is 2. The Morgan fingerprint density at radius 2 is 2.00 bits per heavy atom. The Kier molecular flexibility index (Phi) is 4.28.